The molecule has 0 spiro atoms. The van der Waals surface area contributed by atoms with Crippen LogP contribution in [-0.4, -0.2) is 21.0 Å². The normalized spacial score (nSPS) is 21.4. The minimum Gasteiger partial charge on any atom is -0.393 e. The van der Waals surface area contributed by atoms with Crippen LogP contribution in [-0.2, 0) is 13.5 Å². The number of rotatable bonds is 4. The zero-order chi connectivity index (χ0) is 12.3. The Kier molecular flexibility index (Phi) is 3.87. The lowest BCUT2D eigenvalue weighted by Crippen LogP contribution is -2.34. The Bertz CT molecular complexity index is 353. The number of hydrogen-bond acceptors (Lipinski definition) is 2. The van der Waals surface area contributed by atoms with Crippen molar-refractivity contribution in [2.75, 3.05) is 0 Å². The summed E-state index contributed by atoms with van der Waals surface area (Å²) < 4.78 is 1.90. The van der Waals surface area contributed by atoms with Crippen molar-refractivity contribution in [3.05, 3.63) is 18.0 Å². The van der Waals surface area contributed by atoms with Crippen molar-refractivity contribution < 1.29 is 5.11 Å². The van der Waals surface area contributed by atoms with Crippen LogP contribution in [0.25, 0.3) is 0 Å². The first-order valence-corrected chi connectivity index (χ1v) is 6.77. The maximum absolute atomic E-state index is 10.4. The smallest absolute Gasteiger partial charge is 0.0597 e. The summed E-state index contributed by atoms with van der Waals surface area (Å²) in [5, 5.41) is 14.6. The lowest BCUT2D eigenvalue weighted by atomic mass is 9.70. The molecule has 3 heteroatoms. The van der Waals surface area contributed by atoms with Crippen LogP contribution in [0.3, 0.4) is 0 Å². The van der Waals surface area contributed by atoms with Crippen LogP contribution >= 0.6 is 0 Å². The van der Waals surface area contributed by atoms with Crippen molar-refractivity contribution in [1.29, 1.82) is 0 Å². The predicted octanol–water partition coefficient (Wildman–Crippen LogP) is 2.68. The van der Waals surface area contributed by atoms with Crippen LogP contribution < -0.4 is 0 Å². The fourth-order valence-electron chi connectivity index (χ4n) is 2.97. The number of hydrogen-bond donors (Lipinski definition) is 1. The van der Waals surface area contributed by atoms with E-state index in [1.165, 1.54) is 37.8 Å². The molecule has 1 unspecified atom stereocenters. The van der Waals surface area contributed by atoms with Gasteiger partial charge in [0.2, 0.25) is 0 Å². The van der Waals surface area contributed by atoms with Crippen molar-refractivity contribution in [3.8, 4) is 0 Å². The van der Waals surface area contributed by atoms with E-state index in [1.807, 2.05) is 24.0 Å². The molecule has 1 saturated carbocycles. The lowest BCUT2D eigenvalue weighted by molar-refractivity contribution is 0.00427. The van der Waals surface area contributed by atoms with Crippen LogP contribution in [0.15, 0.2) is 12.3 Å². The second-order valence-electron chi connectivity index (χ2n) is 5.72. The van der Waals surface area contributed by atoms with Gasteiger partial charge in [-0.25, -0.2) is 0 Å². The zero-order valence-electron chi connectivity index (χ0n) is 11.0. The quantitative estimate of drug-likeness (QED) is 0.873. The molecular formula is C14H24N2O. The monoisotopic (exact) mass is 236 g/mol. The predicted molar refractivity (Wildman–Crippen MR) is 68.7 cm³/mol. The van der Waals surface area contributed by atoms with E-state index >= 15 is 0 Å². The molecule has 17 heavy (non-hydrogen) atoms. The van der Waals surface area contributed by atoms with Gasteiger partial charge >= 0.3 is 0 Å². The third kappa shape index (κ3) is 2.89. The summed E-state index contributed by atoms with van der Waals surface area (Å²) in [6, 6.07) is 2.04. The van der Waals surface area contributed by atoms with E-state index in [2.05, 4.69) is 12.0 Å². The molecule has 96 valence electrons. The largest absolute Gasteiger partial charge is 0.393 e. The van der Waals surface area contributed by atoms with E-state index in [0.29, 0.717) is 0 Å². The summed E-state index contributed by atoms with van der Waals surface area (Å²) >= 11 is 0. The van der Waals surface area contributed by atoms with Crippen molar-refractivity contribution in [1.82, 2.24) is 9.78 Å². The van der Waals surface area contributed by atoms with Gasteiger partial charge in [-0.15, -0.1) is 0 Å². The molecule has 1 aromatic rings. The third-order valence-electron chi connectivity index (χ3n) is 4.40. The van der Waals surface area contributed by atoms with Gasteiger partial charge in [0.1, 0.15) is 0 Å². The number of nitrogens with zero attached hydrogens (tertiary/aromatic N) is 2. The molecular weight excluding hydrogens is 212 g/mol. The molecule has 1 heterocycles. The summed E-state index contributed by atoms with van der Waals surface area (Å²) in [6.45, 7) is 2.25. The summed E-state index contributed by atoms with van der Waals surface area (Å²) in [5.41, 5.74) is 1.36. The topological polar surface area (TPSA) is 38.0 Å². The molecule has 1 aliphatic carbocycles. The number of aliphatic hydroxyl groups is 1. The first kappa shape index (κ1) is 12.6. The molecule has 0 bridgehead atoms. The second-order valence-corrected chi connectivity index (χ2v) is 5.72. The van der Waals surface area contributed by atoms with Gasteiger partial charge in [-0.1, -0.05) is 26.2 Å². The number of aliphatic hydroxyl groups excluding tert-OH is 1. The molecule has 0 aliphatic heterocycles. The maximum Gasteiger partial charge on any atom is 0.0597 e. The first-order chi connectivity index (χ1) is 8.12. The van der Waals surface area contributed by atoms with E-state index in [0.717, 1.165) is 12.8 Å². The van der Waals surface area contributed by atoms with Gasteiger partial charge in [0.25, 0.3) is 0 Å². The highest BCUT2D eigenvalue weighted by atomic mass is 16.3. The van der Waals surface area contributed by atoms with Crippen LogP contribution in [0.2, 0.25) is 0 Å². The minimum absolute atomic E-state index is 0.150. The van der Waals surface area contributed by atoms with E-state index in [-0.39, 0.29) is 11.5 Å². The summed E-state index contributed by atoms with van der Waals surface area (Å²) in [6.07, 6.45) is 9.69. The highest BCUT2D eigenvalue weighted by Crippen LogP contribution is 2.40. The molecule has 0 amide bonds. The van der Waals surface area contributed by atoms with Crippen LogP contribution in [0.5, 0.6) is 0 Å². The molecule has 0 aromatic carbocycles. The van der Waals surface area contributed by atoms with E-state index in [1.54, 1.807) is 0 Å². The van der Waals surface area contributed by atoms with Gasteiger partial charge in [0, 0.05) is 18.9 Å². The van der Waals surface area contributed by atoms with Gasteiger partial charge in [0.05, 0.1) is 6.10 Å². The molecule has 1 aromatic heterocycles. The Morgan fingerprint density at radius 1 is 1.41 bits per heavy atom. The zero-order valence-corrected chi connectivity index (χ0v) is 11.0. The molecule has 3 nitrogen and oxygen atoms in total. The minimum atomic E-state index is -0.169. The van der Waals surface area contributed by atoms with E-state index < -0.39 is 0 Å². The molecule has 1 fully saturated rings. The van der Waals surface area contributed by atoms with Gasteiger partial charge in [-0.3, -0.25) is 4.68 Å². The fourth-order valence-corrected chi connectivity index (χ4v) is 2.97. The summed E-state index contributed by atoms with van der Waals surface area (Å²) in [4.78, 5) is 0. The Morgan fingerprint density at radius 2 is 2.12 bits per heavy atom. The summed E-state index contributed by atoms with van der Waals surface area (Å²) in [5.74, 6) is 0. The fraction of sp³-hybridized carbons (Fsp3) is 0.786. The number of aryl methyl sites for hydroxylation is 2. The maximum atomic E-state index is 10.4. The highest BCUT2D eigenvalue weighted by molar-refractivity contribution is 5.01. The first-order valence-electron chi connectivity index (χ1n) is 6.77. The van der Waals surface area contributed by atoms with Gasteiger partial charge in [-0.2, -0.15) is 5.10 Å². The Hall–Kier alpha value is -0.830. The average Bonchev–Trinajstić information content (AvgIpc) is 2.73. The summed E-state index contributed by atoms with van der Waals surface area (Å²) in [7, 11) is 1.96. The average molecular weight is 236 g/mol. The molecule has 2 rings (SSSR count). The SMILES string of the molecule is Cn1nccc1CCC(O)C1(C)CCCCC1. The van der Waals surface area contributed by atoms with Crippen molar-refractivity contribution >= 4 is 0 Å². The molecule has 1 atom stereocenters. The van der Waals surface area contributed by atoms with Crippen LogP contribution in [0.1, 0.15) is 51.1 Å². The van der Waals surface area contributed by atoms with Crippen molar-refractivity contribution in [3.63, 3.8) is 0 Å². The molecule has 0 saturated heterocycles. The Balaban J connectivity index is 1.88. The third-order valence-corrected chi connectivity index (χ3v) is 4.40. The number of aromatic nitrogens is 2. The standard InChI is InChI=1S/C14H24N2O/c1-14(9-4-3-5-10-14)13(17)7-6-12-8-11-15-16(12)2/h8,11,13,17H,3-7,9-10H2,1-2H3. The van der Waals surface area contributed by atoms with Crippen LogP contribution in [0, 0.1) is 5.41 Å². The second kappa shape index (κ2) is 5.21. The molecule has 0 radical (unpaired) electrons. The lowest BCUT2D eigenvalue weighted by Gasteiger charge is -2.38. The molecule has 1 N–H and O–H groups in total. The van der Waals surface area contributed by atoms with Gasteiger partial charge in [0.15, 0.2) is 0 Å². The van der Waals surface area contributed by atoms with Gasteiger partial charge in [-0.05, 0) is 37.2 Å². The Labute approximate surface area is 104 Å². The van der Waals surface area contributed by atoms with Gasteiger partial charge < -0.3 is 5.11 Å². The highest BCUT2D eigenvalue weighted by Gasteiger charge is 2.33. The van der Waals surface area contributed by atoms with Crippen molar-refractivity contribution in [2.24, 2.45) is 12.5 Å². The molecule has 1 aliphatic rings. The van der Waals surface area contributed by atoms with Crippen LogP contribution in [0.4, 0.5) is 0 Å². The Morgan fingerprint density at radius 3 is 2.71 bits per heavy atom. The van der Waals surface area contributed by atoms with E-state index in [9.17, 15) is 5.11 Å². The van der Waals surface area contributed by atoms with E-state index in [4.69, 9.17) is 0 Å². The van der Waals surface area contributed by atoms with Crippen molar-refractivity contribution in [2.45, 2.75) is 58.0 Å².